The molecule has 3 rings (SSSR count). The molecule has 3 N–H and O–H groups in total. The molecule has 0 saturated heterocycles. The summed E-state index contributed by atoms with van der Waals surface area (Å²) in [5, 5.41) is 0. The highest BCUT2D eigenvalue weighted by molar-refractivity contribution is 5.33. The van der Waals surface area contributed by atoms with Crippen molar-refractivity contribution in [3.8, 4) is 5.75 Å². The van der Waals surface area contributed by atoms with Crippen molar-refractivity contribution in [1.29, 1.82) is 0 Å². The second kappa shape index (κ2) is 5.56. The van der Waals surface area contributed by atoms with Crippen LogP contribution in [0.1, 0.15) is 36.0 Å². The number of aromatic nitrogens is 2. The fraction of sp³-hybridized carbons (Fsp3) is 0.333. The third-order valence-corrected chi connectivity index (χ3v) is 3.30. The normalized spacial score (nSPS) is 15.9. The molecule has 0 spiro atoms. The molecule has 0 radical (unpaired) electrons. The molecule has 0 bridgehead atoms. The van der Waals surface area contributed by atoms with Crippen LogP contribution in [0.3, 0.4) is 0 Å². The molecule has 0 aliphatic heterocycles. The van der Waals surface area contributed by atoms with Crippen LogP contribution in [0.2, 0.25) is 0 Å². The zero-order valence-corrected chi connectivity index (χ0v) is 11.4. The van der Waals surface area contributed by atoms with Gasteiger partial charge in [-0.25, -0.2) is 15.4 Å². The van der Waals surface area contributed by atoms with Gasteiger partial charge in [0.15, 0.2) is 0 Å². The molecule has 1 aliphatic rings. The minimum atomic E-state index is -0.147. The Hall–Kier alpha value is -1.98. The van der Waals surface area contributed by atoms with Gasteiger partial charge in [-0.05, 0) is 43.5 Å². The largest absolute Gasteiger partial charge is 0.490 e. The van der Waals surface area contributed by atoms with E-state index in [2.05, 4.69) is 15.4 Å². The van der Waals surface area contributed by atoms with Crippen molar-refractivity contribution in [2.45, 2.75) is 31.9 Å². The van der Waals surface area contributed by atoms with Crippen LogP contribution in [0.5, 0.6) is 5.75 Å². The van der Waals surface area contributed by atoms with Gasteiger partial charge in [0.1, 0.15) is 11.6 Å². The molecule has 1 unspecified atom stereocenters. The van der Waals surface area contributed by atoms with E-state index in [1.54, 1.807) is 6.20 Å². The topological polar surface area (TPSA) is 73.1 Å². The smallest absolute Gasteiger partial charge is 0.125 e. The van der Waals surface area contributed by atoms with Gasteiger partial charge in [-0.3, -0.25) is 5.84 Å². The van der Waals surface area contributed by atoms with Gasteiger partial charge < -0.3 is 4.74 Å². The first kappa shape index (κ1) is 13.0. The molecule has 104 valence electrons. The van der Waals surface area contributed by atoms with Gasteiger partial charge >= 0.3 is 0 Å². The van der Waals surface area contributed by atoms with E-state index < -0.39 is 0 Å². The number of nitrogens with zero attached hydrogens (tertiary/aromatic N) is 2. The molecule has 1 aromatic carbocycles. The first-order chi connectivity index (χ1) is 9.76. The molecule has 1 fully saturated rings. The summed E-state index contributed by atoms with van der Waals surface area (Å²) in [6, 6.07) is 9.70. The molecule has 20 heavy (non-hydrogen) atoms. The summed E-state index contributed by atoms with van der Waals surface area (Å²) >= 11 is 0. The quantitative estimate of drug-likeness (QED) is 0.641. The summed E-state index contributed by atoms with van der Waals surface area (Å²) in [6.07, 6.45) is 4.48. The number of nitrogens with two attached hydrogens (primary N) is 1. The molecule has 2 aromatic rings. The Balaban J connectivity index is 1.81. The van der Waals surface area contributed by atoms with Crippen LogP contribution in [0, 0.1) is 6.92 Å². The van der Waals surface area contributed by atoms with Crippen molar-refractivity contribution in [1.82, 2.24) is 15.4 Å². The predicted molar refractivity (Wildman–Crippen MR) is 76.0 cm³/mol. The second-order valence-corrected chi connectivity index (χ2v) is 5.01. The van der Waals surface area contributed by atoms with Crippen LogP contribution in [0.25, 0.3) is 0 Å². The average Bonchev–Trinajstić information content (AvgIpc) is 3.26. The second-order valence-electron chi connectivity index (χ2n) is 5.01. The number of hydrogen-bond donors (Lipinski definition) is 2. The number of benzene rings is 1. The Bertz CT molecular complexity index is 581. The maximum absolute atomic E-state index is 5.74. The third-order valence-electron chi connectivity index (χ3n) is 3.30. The van der Waals surface area contributed by atoms with E-state index >= 15 is 0 Å². The van der Waals surface area contributed by atoms with Crippen LogP contribution < -0.4 is 16.0 Å². The van der Waals surface area contributed by atoms with Crippen LogP contribution >= 0.6 is 0 Å². The number of aryl methyl sites for hydroxylation is 1. The summed E-state index contributed by atoms with van der Waals surface area (Å²) < 4.78 is 5.74. The highest BCUT2D eigenvalue weighted by atomic mass is 16.5. The highest BCUT2D eigenvalue weighted by Crippen LogP contribution is 2.28. The molecule has 5 heteroatoms. The molecule has 1 atom stereocenters. The van der Waals surface area contributed by atoms with Crippen molar-refractivity contribution < 1.29 is 4.74 Å². The molecule has 1 saturated carbocycles. The maximum Gasteiger partial charge on any atom is 0.125 e. The van der Waals surface area contributed by atoms with E-state index in [0.717, 1.165) is 35.7 Å². The Morgan fingerprint density at radius 1 is 1.25 bits per heavy atom. The summed E-state index contributed by atoms with van der Waals surface area (Å²) in [5.41, 5.74) is 4.71. The fourth-order valence-corrected chi connectivity index (χ4v) is 2.10. The molecule has 5 nitrogen and oxygen atoms in total. The Kier molecular flexibility index (Phi) is 3.62. The van der Waals surface area contributed by atoms with Crippen LogP contribution in [-0.2, 0) is 0 Å². The van der Waals surface area contributed by atoms with Crippen molar-refractivity contribution in [2.24, 2.45) is 5.84 Å². The minimum Gasteiger partial charge on any atom is -0.490 e. The van der Waals surface area contributed by atoms with Gasteiger partial charge in [0.2, 0.25) is 0 Å². The van der Waals surface area contributed by atoms with Crippen LogP contribution in [-0.4, -0.2) is 16.1 Å². The van der Waals surface area contributed by atoms with E-state index in [1.165, 1.54) is 0 Å². The van der Waals surface area contributed by atoms with Gasteiger partial charge in [0.05, 0.1) is 17.8 Å². The van der Waals surface area contributed by atoms with Gasteiger partial charge in [-0.15, -0.1) is 0 Å². The van der Waals surface area contributed by atoms with Gasteiger partial charge in [0, 0.05) is 6.20 Å². The summed E-state index contributed by atoms with van der Waals surface area (Å²) in [6.45, 7) is 1.86. The SMILES string of the molecule is Cc1nccc(C(NN)c2ccc(OC3CC3)cc2)n1. The predicted octanol–water partition coefficient (Wildman–Crippen LogP) is 1.88. The number of hydrazine groups is 1. The standard InChI is InChI=1S/C15H18N4O/c1-10-17-9-8-14(18-10)15(19-16)11-2-4-12(5-3-11)20-13-6-7-13/h2-5,8-9,13,15,19H,6-7,16H2,1H3. The van der Waals surface area contributed by atoms with E-state index in [9.17, 15) is 0 Å². The Morgan fingerprint density at radius 2 is 2.00 bits per heavy atom. The van der Waals surface area contributed by atoms with Crippen LogP contribution in [0.15, 0.2) is 36.5 Å². The van der Waals surface area contributed by atoms with Crippen molar-refractivity contribution in [3.63, 3.8) is 0 Å². The van der Waals surface area contributed by atoms with Gasteiger partial charge in [-0.2, -0.15) is 0 Å². The molecular formula is C15H18N4O. The average molecular weight is 270 g/mol. The van der Waals surface area contributed by atoms with Crippen molar-refractivity contribution in [3.05, 3.63) is 53.6 Å². The minimum absolute atomic E-state index is 0.147. The monoisotopic (exact) mass is 270 g/mol. The van der Waals surface area contributed by atoms with E-state index in [1.807, 2.05) is 37.3 Å². The Morgan fingerprint density at radius 3 is 2.60 bits per heavy atom. The first-order valence-electron chi connectivity index (χ1n) is 6.78. The number of nitrogens with one attached hydrogen (secondary N) is 1. The van der Waals surface area contributed by atoms with Crippen LogP contribution in [0.4, 0.5) is 0 Å². The van der Waals surface area contributed by atoms with Gasteiger partial charge in [0.25, 0.3) is 0 Å². The summed E-state index contributed by atoms with van der Waals surface area (Å²) in [7, 11) is 0. The number of hydrogen-bond acceptors (Lipinski definition) is 5. The lowest BCUT2D eigenvalue weighted by Crippen LogP contribution is -2.29. The van der Waals surface area contributed by atoms with Crippen molar-refractivity contribution >= 4 is 0 Å². The molecular weight excluding hydrogens is 252 g/mol. The lowest BCUT2D eigenvalue weighted by molar-refractivity contribution is 0.303. The van der Waals surface area contributed by atoms with E-state index in [4.69, 9.17) is 10.6 Å². The van der Waals surface area contributed by atoms with E-state index in [-0.39, 0.29) is 6.04 Å². The lowest BCUT2D eigenvalue weighted by atomic mass is 10.0. The van der Waals surface area contributed by atoms with E-state index in [0.29, 0.717) is 6.10 Å². The zero-order valence-electron chi connectivity index (χ0n) is 11.4. The summed E-state index contributed by atoms with van der Waals surface area (Å²) in [4.78, 5) is 8.52. The maximum atomic E-state index is 5.74. The first-order valence-corrected chi connectivity index (χ1v) is 6.78. The zero-order chi connectivity index (χ0) is 13.9. The highest BCUT2D eigenvalue weighted by Gasteiger charge is 2.23. The summed E-state index contributed by atoms with van der Waals surface area (Å²) in [5.74, 6) is 7.32. The molecule has 0 amide bonds. The molecule has 1 heterocycles. The van der Waals surface area contributed by atoms with Gasteiger partial charge in [-0.1, -0.05) is 12.1 Å². The third kappa shape index (κ3) is 2.95. The Labute approximate surface area is 118 Å². The molecule has 1 aliphatic carbocycles. The van der Waals surface area contributed by atoms with Crippen molar-refractivity contribution in [2.75, 3.05) is 0 Å². The molecule has 1 aromatic heterocycles. The number of ether oxygens (including phenoxy) is 1. The fourth-order valence-electron chi connectivity index (χ4n) is 2.10. The lowest BCUT2D eigenvalue weighted by Gasteiger charge is -2.16. The number of rotatable bonds is 5.